The lowest BCUT2D eigenvalue weighted by atomic mass is 10.3. The number of hydrogen-bond acceptors (Lipinski definition) is 3. The molecule has 0 unspecified atom stereocenters. The maximum absolute atomic E-state index is 5.68. The van der Waals surface area contributed by atoms with E-state index in [0.29, 0.717) is 6.61 Å². The Morgan fingerprint density at radius 1 is 1.42 bits per heavy atom. The van der Waals surface area contributed by atoms with Gasteiger partial charge in [-0.2, -0.15) is 0 Å². The molecule has 1 aromatic heterocycles. The first-order valence-electron chi connectivity index (χ1n) is 6.51. The first-order chi connectivity index (χ1) is 9.36. The fraction of sp³-hybridized carbons (Fsp3) is 0.333. The SMILES string of the molecule is CCOc1cccc(-n2ccc([C@H]3OCCS3)c2)c1. The quantitative estimate of drug-likeness (QED) is 0.851. The molecule has 0 saturated carbocycles. The Labute approximate surface area is 117 Å². The number of nitrogens with zero attached hydrogens (tertiary/aromatic N) is 1. The van der Waals surface area contributed by atoms with Gasteiger partial charge in [0.25, 0.3) is 0 Å². The second kappa shape index (κ2) is 5.72. The van der Waals surface area contributed by atoms with Crippen LogP contribution < -0.4 is 4.74 Å². The maximum atomic E-state index is 5.68. The Morgan fingerprint density at radius 3 is 3.16 bits per heavy atom. The van der Waals surface area contributed by atoms with Gasteiger partial charge in [-0.05, 0) is 25.1 Å². The number of aromatic nitrogens is 1. The Bertz CT molecular complexity index is 547. The first-order valence-corrected chi connectivity index (χ1v) is 7.56. The molecule has 1 atom stereocenters. The summed E-state index contributed by atoms with van der Waals surface area (Å²) in [4.78, 5) is 0. The van der Waals surface area contributed by atoms with Gasteiger partial charge >= 0.3 is 0 Å². The lowest BCUT2D eigenvalue weighted by Gasteiger charge is -2.08. The minimum Gasteiger partial charge on any atom is -0.494 e. The van der Waals surface area contributed by atoms with Crippen molar-refractivity contribution in [2.75, 3.05) is 19.0 Å². The van der Waals surface area contributed by atoms with E-state index >= 15 is 0 Å². The molecule has 4 heteroatoms. The van der Waals surface area contributed by atoms with Crippen LogP contribution in [-0.4, -0.2) is 23.5 Å². The molecule has 1 saturated heterocycles. The van der Waals surface area contributed by atoms with Crippen LogP contribution >= 0.6 is 11.8 Å². The van der Waals surface area contributed by atoms with E-state index in [9.17, 15) is 0 Å². The van der Waals surface area contributed by atoms with Gasteiger partial charge in [-0.3, -0.25) is 0 Å². The Balaban J connectivity index is 1.83. The first kappa shape index (κ1) is 12.6. The van der Waals surface area contributed by atoms with Crippen molar-refractivity contribution in [2.45, 2.75) is 12.4 Å². The van der Waals surface area contributed by atoms with Gasteiger partial charge in [0.1, 0.15) is 11.2 Å². The van der Waals surface area contributed by atoms with Crippen LogP contribution in [0.4, 0.5) is 0 Å². The van der Waals surface area contributed by atoms with E-state index in [1.54, 1.807) is 0 Å². The van der Waals surface area contributed by atoms with Gasteiger partial charge in [-0.15, -0.1) is 11.8 Å². The van der Waals surface area contributed by atoms with Crippen LogP contribution in [0.2, 0.25) is 0 Å². The summed E-state index contributed by atoms with van der Waals surface area (Å²) in [6.45, 7) is 3.53. The van der Waals surface area contributed by atoms with Crippen molar-refractivity contribution in [1.29, 1.82) is 0 Å². The van der Waals surface area contributed by atoms with Crippen molar-refractivity contribution in [3.63, 3.8) is 0 Å². The molecule has 2 heterocycles. The molecule has 1 fully saturated rings. The molecule has 0 amide bonds. The predicted octanol–water partition coefficient (Wildman–Crippen LogP) is 3.64. The second-order valence-corrected chi connectivity index (χ2v) is 5.53. The molecular formula is C15H17NO2S. The highest BCUT2D eigenvalue weighted by atomic mass is 32.2. The molecule has 3 rings (SSSR count). The standard InChI is InChI=1S/C15H17NO2S/c1-2-17-14-5-3-4-13(10-14)16-7-6-12(11-16)15-18-8-9-19-15/h3-7,10-11,15H,2,8-9H2,1H3/t15-/m0/s1. The van der Waals surface area contributed by atoms with Crippen molar-refractivity contribution in [1.82, 2.24) is 4.57 Å². The summed E-state index contributed by atoms with van der Waals surface area (Å²) >= 11 is 1.86. The highest BCUT2D eigenvalue weighted by Gasteiger charge is 2.19. The largest absolute Gasteiger partial charge is 0.494 e. The number of rotatable bonds is 4. The normalized spacial score (nSPS) is 18.7. The van der Waals surface area contributed by atoms with Crippen LogP contribution in [0.3, 0.4) is 0 Å². The smallest absolute Gasteiger partial charge is 0.130 e. The van der Waals surface area contributed by atoms with E-state index in [4.69, 9.17) is 9.47 Å². The minimum absolute atomic E-state index is 0.191. The monoisotopic (exact) mass is 275 g/mol. The van der Waals surface area contributed by atoms with Gasteiger partial charge in [0, 0.05) is 35.5 Å². The lowest BCUT2D eigenvalue weighted by Crippen LogP contribution is -1.95. The van der Waals surface area contributed by atoms with Gasteiger partial charge in [0.2, 0.25) is 0 Å². The number of thioether (sulfide) groups is 1. The van der Waals surface area contributed by atoms with Gasteiger partial charge in [0.05, 0.1) is 13.2 Å². The summed E-state index contributed by atoms with van der Waals surface area (Å²) in [5.74, 6) is 1.98. The van der Waals surface area contributed by atoms with Crippen molar-refractivity contribution in [3.05, 3.63) is 48.3 Å². The van der Waals surface area contributed by atoms with E-state index in [1.807, 2.05) is 30.8 Å². The molecule has 1 aromatic carbocycles. The van der Waals surface area contributed by atoms with E-state index in [2.05, 4.69) is 35.2 Å². The van der Waals surface area contributed by atoms with Crippen LogP contribution in [-0.2, 0) is 4.74 Å². The van der Waals surface area contributed by atoms with Gasteiger partial charge in [0.15, 0.2) is 0 Å². The number of ether oxygens (including phenoxy) is 2. The summed E-state index contributed by atoms with van der Waals surface area (Å²) in [7, 11) is 0. The summed E-state index contributed by atoms with van der Waals surface area (Å²) < 4.78 is 13.3. The number of hydrogen-bond donors (Lipinski definition) is 0. The van der Waals surface area contributed by atoms with Crippen LogP contribution in [0.15, 0.2) is 42.7 Å². The zero-order chi connectivity index (χ0) is 13.1. The molecule has 0 aliphatic carbocycles. The Hall–Kier alpha value is -1.39. The fourth-order valence-electron chi connectivity index (χ4n) is 2.16. The molecule has 100 valence electrons. The van der Waals surface area contributed by atoms with E-state index in [1.165, 1.54) is 5.56 Å². The molecule has 1 aliphatic rings. The molecule has 19 heavy (non-hydrogen) atoms. The topological polar surface area (TPSA) is 23.4 Å². The lowest BCUT2D eigenvalue weighted by molar-refractivity contribution is 0.145. The van der Waals surface area contributed by atoms with Crippen molar-refractivity contribution in [3.8, 4) is 11.4 Å². The summed E-state index contributed by atoms with van der Waals surface area (Å²) in [6.07, 6.45) is 4.21. The third kappa shape index (κ3) is 2.80. The molecule has 0 bridgehead atoms. The van der Waals surface area contributed by atoms with Gasteiger partial charge < -0.3 is 14.0 Å². The molecule has 0 spiro atoms. The minimum atomic E-state index is 0.191. The molecule has 3 nitrogen and oxygen atoms in total. The molecule has 0 N–H and O–H groups in total. The highest BCUT2D eigenvalue weighted by Crippen LogP contribution is 2.35. The number of benzene rings is 1. The van der Waals surface area contributed by atoms with Crippen LogP contribution in [0.5, 0.6) is 5.75 Å². The Morgan fingerprint density at radius 2 is 2.37 bits per heavy atom. The third-order valence-electron chi connectivity index (χ3n) is 3.04. The predicted molar refractivity (Wildman–Crippen MR) is 78.1 cm³/mol. The molecule has 2 aromatic rings. The van der Waals surface area contributed by atoms with Crippen LogP contribution in [0, 0.1) is 0 Å². The third-order valence-corrected chi connectivity index (χ3v) is 4.15. The van der Waals surface area contributed by atoms with Gasteiger partial charge in [-0.25, -0.2) is 0 Å². The average molecular weight is 275 g/mol. The van der Waals surface area contributed by atoms with Crippen molar-refractivity contribution in [2.24, 2.45) is 0 Å². The molecular weight excluding hydrogens is 258 g/mol. The van der Waals surface area contributed by atoms with Crippen LogP contribution in [0.25, 0.3) is 5.69 Å². The molecule has 1 aliphatic heterocycles. The summed E-state index contributed by atoms with van der Waals surface area (Å²) in [6, 6.07) is 10.2. The zero-order valence-corrected chi connectivity index (χ0v) is 11.7. The highest BCUT2D eigenvalue weighted by molar-refractivity contribution is 7.99. The van der Waals surface area contributed by atoms with Crippen molar-refractivity contribution < 1.29 is 9.47 Å². The second-order valence-electron chi connectivity index (χ2n) is 4.36. The fourth-order valence-corrected chi connectivity index (χ4v) is 3.10. The van der Waals surface area contributed by atoms with Crippen molar-refractivity contribution >= 4 is 11.8 Å². The summed E-state index contributed by atoms with van der Waals surface area (Å²) in [5, 5.41) is 0. The Kier molecular flexibility index (Phi) is 3.80. The maximum Gasteiger partial charge on any atom is 0.130 e. The zero-order valence-electron chi connectivity index (χ0n) is 10.9. The molecule has 0 radical (unpaired) electrons. The van der Waals surface area contributed by atoms with E-state index < -0.39 is 0 Å². The average Bonchev–Trinajstić information content (AvgIpc) is 3.11. The van der Waals surface area contributed by atoms with Crippen LogP contribution in [0.1, 0.15) is 17.9 Å². The summed E-state index contributed by atoms with van der Waals surface area (Å²) in [5.41, 5.74) is 2.53. The van der Waals surface area contributed by atoms with E-state index in [-0.39, 0.29) is 5.44 Å². The van der Waals surface area contributed by atoms with E-state index in [0.717, 1.165) is 23.8 Å². The van der Waals surface area contributed by atoms with Gasteiger partial charge in [-0.1, -0.05) is 6.07 Å².